The molecule has 3 rings (SSSR count). The van der Waals surface area contributed by atoms with Crippen molar-refractivity contribution >= 4 is 11.3 Å². The van der Waals surface area contributed by atoms with Crippen LogP contribution in [0, 0.1) is 11.8 Å². The molecule has 3 heterocycles. The highest BCUT2D eigenvalue weighted by Crippen LogP contribution is 2.33. The van der Waals surface area contributed by atoms with Crippen molar-refractivity contribution in [2.75, 3.05) is 26.2 Å². The van der Waals surface area contributed by atoms with Crippen molar-refractivity contribution in [2.45, 2.75) is 13.0 Å². The molecule has 0 bridgehead atoms. The fourth-order valence-corrected chi connectivity index (χ4v) is 3.68. The van der Waals surface area contributed by atoms with Crippen molar-refractivity contribution in [3.63, 3.8) is 0 Å². The highest BCUT2D eigenvalue weighted by atomic mass is 32.1. The summed E-state index contributed by atoms with van der Waals surface area (Å²) in [7, 11) is 0. The standard InChI is InChI=1S/C12H18N2S/c1-9(10-2-3-15-8-10)14-6-11-4-13-5-12(11)7-14/h2-3,8-9,11-13H,4-7H2,1H3. The number of rotatable bonds is 2. The molecular weight excluding hydrogens is 204 g/mol. The number of fused-ring (bicyclic) bond motifs is 1. The van der Waals surface area contributed by atoms with Crippen molar-refractivity contribution in [1.82, 2.24) is 10.2 Å². The van der Waals surface area contributed by atoms with Crippen molar-refractivity contribution in [3.8, 4) is 0 Å². The first-order valence-electron chi connectivity index (χ1n) is 5.81. The van der Waals surface area contributed by atoms with Crippen LogP contribution in [0.2, 0.25) is 0 Å². The van der Waals surface area contributed by atoms with Crippen LogP contribution in [-0.4, -0.2) is 31.1 Å². The van der Waals surface area contributed by atoms with E-state index in [2.05, 4.69) is 34.0 Å². The lowest BCUT2D eigenvalue weighted by molar-refractivity contribution is 0.244. The Morgan fingerprint density at radius 3 is 2.73 bits per heavy atom. The van der Waals surface area contributed by atoms with Crippen LogP contribution in [0.1, 0.15) is 18.5 Å². The summed E-state index contributed by atoms with van der Waals surface area (Å²) < 4.78 is 0. The highest BCUT2D eigenvalue weighted by molar-refractivity contribution is 7.07. The molecule has 3 unspecified atom stereocenters. The van der Waals surface area contributed by atoms with Crippen LogP contribution in [0.4, 0.5) is 0 Å². The molecule has 1 aromatic rings. The molecule has 2 fully saturated rings. The summed E-state index contributed by atoms with van der Waals surface area (Å²) in [6, 6.07) is 2.88. The highest BCUT2D eigenvalue weighted by Gasteiger charge is 2.37. The first kappa shape index (κ1) is 9.82. The minimum absolute atomic E-state index is 0.613. The summed E-state index contributed by atoms with van der Waals surface area (Å²) >= 11 is 1.81. The van der Waals surface area contributed by atoms with Gasteiger partial charge in [-0.3, -0.25) is 4.90 Å². The molecule has 1 aromatic heterocycles. The van der Waals surface area contributed by atoms with E-state index in [4.69, 9.17) is 0 Å². The number of nitrogens with one attached hydrogen (secondary N) is 1. The van der Waals surface area contributed by atoms with Crippen LogP contribution in [0.15, 0.2) is 16.8 Å². The summed E-state index contributed by atoms with van der Waals surface area (Å²) in [4.78, 5) is 2.65. The lowest BCUT2D eigenvalue weighted by atomic mass is 10.0. The summed E-state index contributed by atoms with van der Waals surface area (Å²) in [6.45, 7) is 7.38. The van der Waals surface area contributed by atoms with Crippen molar-refractivity contribution in [3.05, 3.63) is 22.4 Å². The Hall–Kier alpha value is -0.380. The Morgan fingerprint density at radius 1 is 1.40 bits per heavy atom. The molecule has 2 nitrogen and oxygen atoms in total. The van der Waals surface area contributed by atoms with Gasteiger partial charge in [-0.2, -0.15) is 11.3 Å². The Kier molecular flexibility index (Phi) is 2.54. The minimum Gasteiger partial charge on any atom is -0.316 e. The number of thiophene rings is 1. The molecule has 0 amide bonds. The summed E-state index contributed by atoms with van der Waals surface area (Å²) in [5, 5.41) is 7.97. The van der Waals surface area contributed by atoms with Gasteiger partial charge in [-0.1, -0.05) is 0 Å². The Bertz CT molecular complexity index is 310. The first-order chi connectivity index (χ1) is 7.34. The van der Waals surface area contributed by atoms with Crippen LogP contribution in [0.5, 0.6) is 0 Å². The molecule has 0 aliphatic carbocycles. The van der Waals surface area contributed by atoms with Gasteiger partial charge in [-0.15, -0.1) is 0 Å². The van der Waals surface area contributed by atoms with E-state index >= 15 is 0 Å². The zero-order valence-electron chi connectivity index (χ0n) is 9.15. The lowest BCUT2D eigenvalue weighted by Gasteiger charge is -2.24. The Labute approximate surface area is 95.3 Å². The maximum atomic E-state index is 3.49. The van der Waals surface area contributed by atoms with E-state index in [1.165, 1.54) is 31.7 Å². The number of hydrogen-bond donors (Lipinski definition) is 1. The van der Waals surface area contributed by atoms with Gasteiger partial charge in [0, 0.05) is 19.1 Å². The van der Waals surface area contributed by atoms with E-state index in [9.17, 15) is 0 Å². The van der Waals surface area contributed by atoms with Gasteiger partial charge in [0.2, 0.25) is 0 Å². The third-order valence-corrected chi connectivity index (χ3v) is 4.69. The summed E-state index contributed by atoms with van der Waals surface area (Å²) in [6.07, 6.45) is 0. The average molecular weight is 222 g/mol. The average Bonchev–Trinajstić information content (AvgIpc) is 2.92. The zero-order valence-corrected chi connectivity index (χ0v) is 9.96. The predicted octanol–water partition coefficient (Wildman–Crippen LogP) is 1.96. The van der Waals surface area contributed by atoms with Crippen LogP contribution < -0.4 is 5.32 Å². The molecule has 0 aromatic carbocycles. The molecule has 0 radical (unpaired) electrons. The monoisotopic (exact) mass is 222 g/mol. The first-order valence-corrected chi connectivity index (χ1v) is 6.76. The van der Waals surface area contributed by atoms with E-state index in [1.807, 2.05) is 11.3 Å². The van der Waals surface area contributed by atoms with Crippen molar-refractivity contribution in [1.29, 1.82) is 0 Å². The van der Waals surface area contributed by atoms with Gasteiger partial charge in [0.15, 0.2) is 0 Å². The maximum Gasteiger partial charge on any atom is 0.0328 e. The quantitative estimate of drug-likeness (QED) is 0.823. The van der Waals surface area contributed by atoms with E-state index in [-0.39, 0.29) is 0 Å². The SMILES string of the molecule is CC(c1ccsc1)N1CC2CNCC2C1. The summed E-state index contributed by atoms with van der Waals surface area (Å²) in [5.41, 5.74) is 1.49. The Morgan fingerprint density at radius 2 is 2.13 bits per heavy atom. The van der Waals surface area contributed by atoms with Crippen LogP contribution >= 0.6 is 11.3 Å². The number of likely N-dealkylation sites (tertiary alicyclic amines) is 1. The van der Waals surface area contributed by atoms with E-state index in [0.29, 0.717) is 6.04 Å². The smallest absolute Gasteiger partial charge is 0.0328 e. The molecule has 2 aliphatic rings. The van der Waals surface area contributed by atoms with Gasteiger partial charge < -0.3 is 5.32 Å². The second kappa shape index (κ2) is 3.89. The van der Waals surface area contributed by atoms with Gasteiger partial charge in [0.05, 0.1) is 0 Å². The van der Waals surface area contributed by atoms with Gasteiger partial charge in [-0.05, 0) is 54.2 Å². The minimum atomic E-state index is 0.613. The van der Waals surface area contributed by atoms with Crippen molar-refractivity contribution in [2.24, 2.45) is 11.8 Å². The molecule has 1 N–H and O–H groups in total. The molecule has 2 aliphatic heterocycles. The van der Waals surface area contributed by atoms with E-state index < -0.39 is 0 Å². The van der Waals surface area contributed by atoms with E-state index in [1.54, 1.807) is 0 Å². The molecule has 0 spiro atoms. The molecule has 3 atom stereocenters. The Balaban J connectivity index is 1.69. The van der Waals surface area contributed by atoms with Gasteiger partial charge >= 0.3 is 0 Å². The number of hydrogen-bond acceptors (Lipinski definition) is 3. The van der Waals surface area contributed by atoms with Crippen LogP contribution in [0.25, 0.3) is 0 Å². The second-order valence-electron chi connectivity index (χ2n) is 4.86. The van der Waals surface area contributed by atoms with Crippen molar-refractivity contribution < 1.29 is 0 Å². The molecular formula is C12H18N2S. The predicted molar refractivity (Wildman–Crippen MR) is 64.2 cm³/mol. The largest absolute Gasteiger partial charge is 0.316 e. The normalized spacial score (nSPS) is 33.1. The third-order valence-electron chi connectivity index (χ3n) is 3.99. The topological polar surface area (TPSA) is 15.3 Å². The van der Waals surface area contributed by atoms with Gasteiger partial charge in [0.1, 0.15) is 0 Å². The van der Waals surface area contributed by atoms with Gasteiger partial charge in [0.25, 0.3) is 0 Å². The lowest BCUT2D eigenvalue weighted by Crippen LogP contribution is -2.28. The van der Waals surface area contributed by atoms with E-state index in [0.717, 1.165) is 11.8 Å². The molecule has 15 heavy (non-hydrogen) atoms. The van der Waals surface area contributed by atoms with Crippen LogP contribution in [-0.2, 0) is 0 Å². The maximum absolute atomic E-state index is 3.49. The molecule has 0 saturated carbocycles. The summed E-state index contributed by atoms with van der Waals surface area (Å²) in [5.74, 6) is 1.82. The fraction of sp³-hybridized carbons (Fsp3) is 0.667. The van der Waals surface area contributed by atoms with Crippen LogP contribution in [0.3, 0.4) is 0 Å². The molecule has 3 heteroatoms. The fourth-order valence-electron chi connectivity index (χ4n) is 2.93. The van der Waals surface area contributed by atoms with Gasteiger partial charge in [-0.25, -0.2) is 0 Å². The zero-order chi connectivity index (χ0) is 10.3. The molecule has 2 saturated heterocycles. The number of nitrogens with zero attached hydrogens (tertiary/aromatic N) is 1. The molecule has 82 valence electrons. The second-order valence-corrected chi connectivity index (χ2v) is 5.65. The third kappa shape index (κ3) is 1.73.